The highest BCUT2D eigenvalue weighted by Crippen LogP contribution is 2.40. The van der Waals surface area contributed by atoms with Crippen molar-refractivity contribution in [3.63, 3.8) is 0 Å². The van der Waals surface area contributed by atoms with Gasteiger partial charge in [0.15, 0.2) is 17.3 Å². The molecule has 32 heavy (non-hydrogen) atoms. The molecule has 170 valence electrons. The number of hydrogen-bond donors (Lipinski definition) is 3. The minimum absolute atomic E-state index is 0.0112. The summed E-state index contributed by atoms with van der Waals surface area (Å²) in [6.45, 7) is 3.81. The lowest BCUT2D eigenvalue weighted by Gasteiger charge is -2.15. The summed E-state index contributed by atoms with van der Waals surface area (Å²) in [4.78, 5) is 19.2. The molecule has 11 heteroatoms. The van der Waals surface area contributed by atoms with Crippen LogP contribution in [0.1, 0.15) is 33.1 Å². The van der Waals surface area contributed by atoms with Gasteiger partial charge in [-0.3, -0.25) is 14.9 Å². The number of imidazole rings is 1. The number of anilines is 2. The van der Waals surface area contributed by atoms with Gasteiger partial charge in [0, 0.05) is 29.6 Å². The zero-order valence-electron chi connectivity index (χ0n) is 17.9. The fourth-order valence-electron chi connectivity index (χ4n) is 2.95. The number of aromatic nitrogens is 5. The summed E-state index contributed by atoms with van der Waals surface area (Å²) in [5, 5.41) is 13.0. The molecule has 3 heterocycles. The zero-order valence-corrected chi connectivity index (χ0v) is 19.4. The number of amides is 1. The van der Waals surface area contributed by atoms with Crippen LogP contribution in [0.3, 0.4) is 0 Å². The topological polar surface area (TPSA) is 100 Å². The lowest BCUT2D eigenvalue weighted by atomic mass is 10.1. The number of aromatic amines is 1. The Morgan fingerprint density at radius 2 is 1.94 bits per heavy atom. The summed E-state index contributed by atoms with van der Waals surface area (Å²) < 4.78 is 16.7. The van der Waals surface area contributed by atoms with Gasteiger partial charge in [0.1, 0.15) is 0 Å². The van der Waals surface area contributed by atoms with E-state index in [0.29, 0.717) is 40.0 Å². The number of nitrogens with one attached hydrogen (secondary N) is 3. The third-order valence-electron chi connectivity index (χ3n) is 4.38. The van der Waals surface area contributed by atoms with Crippen molar-refractivity contribution in [3.8, 4) is 11.3 Å². The van der Waals surface area contributed by atoms with Crippen LogP contribution >= 0.6 is 23.2 Å². The third kappa shape index (κ3) is 5.11. The van der Waals surface area contributed by atoms with Gasteiger partial charge in [-0.25, -0.2) is 9.37 Å². The fraction of sp³-hybridized carbons (Fsp3) is 0.333. The summed E-state index contributed by atoms with van der Waals surface area (Å²) >= 11 is 11.0. The smallest absolute Gasteiger partial charge is 0.212 e. The van der Waals surface area contributed by atoms with Gasteiger partial charge >= 0.3 is 0 Å². The number of fused-ring (bicyclic) bond motifs is 2. The number of nitrogens with zero attached hydrogens (tertiary/aromatic N) is 4. The molecule has 0 bridgehead atoms. The van der Waals surface area contributed by atoms with Gasteiger partial charge in [-0.1, -0.05) is 30.9 Å². The second kappa shape index (κ2) is 10.6. The Bertz CT molecular complexity index is 1220. The number of benzene rings is 1. The lowest BCUT2D eigenvalue weighted by molar-refractivity contribution is -0.105. The number of H-pyrrole nitrogens is 1. The van der Waals surface area contributed by atoms with E-state index >= 15 is 0 Å². The normalized spacial score (nSPS) is 12.1. The molecule has 1 fully saturated rings. The molecule has 1 aliphatic carbocycles. The minimum atomic E-state index is -0.576. The van der Waals surface area contributed by atoms with E-state index in [1.807, 2.05) is 13.8 Å². The van der Waals surface area contributed by atoms with E-state index in [9.17, 15) is 9.18 Å². The summed E-state index contributed by atoms with van der Waals surface area (Å²) in [6.07, 6.45) is 12.9. The Labute approximate surface area is 194 Å². The van der Waals surface area contributed by atoms with Crippen LogP contribution in [-0.2, 0) is 4.79 Å². The fourth-order valence-corrected chi connectivity index (χ4v) is 3.24. The number of rotatable bonds is 5. The van der Waals surface area contributed by atoms with Gasteiger partial charge in [-0.05, 0) is 13.8 Å². The third-order valence-corrected chi connectivity index (χ3v) is 4.74. The average Bonchev–Trinajstić information content (AvgIpc) is 3.50. The van der Waals surface area contributed by atoms with Crippen LogP contribution < -0.4 is 10.6 Å². The Morgan fingerprint density at radius 3 is 2.56 bits per heavy atom. The van der Waals surface area contributed by atoms with Gasteiger partial charge < -0.3 is 15.0 Å². The van der Waals surface area contributed by atoms with Crippen molar-refractivity contribution < 1.29 is 9.18 Å². The van der Waals surface area contributed by atoms with E-state index in [0.717, 1.165) is 0 Å². The summed E-state index contributed by atoms with van der Waals surface area (Å²) in [6, 6.07) is 0.0112. The average molecular weight is 480 g/mol. The first-order valence-electron chi connectivity index (χ1n) is 10.0. The first-order valence-corrected chi connectivity index (χ1v) is 11.2. The van der Waals surface area contributed by atoms with Crippen molar-refractivity contribution in [1.29, 1.82) is 0 Å². The Kier molecular flexibility index (Phi) is 7.87. The molecule has 4 aromatic rings. The van der Waals surface area contributed by atoms with Crippen LogP contribution in [-0.4, -0.2) is 43.4 Å². The molecule has 1 aromatic carbocycles. The molecule has 8 nitrogen and oxygen atoms in total. The van der Waals surface area contributed by atoms with E-state index in [-0.39, 0.29) is 16.8 Å². The molecule has 0 aliphatic heterocycles. The first-order chi connectivity index (χ1) is 15.5. The highest BCUT2D eigenvalue weighted by atomic mass is 35.5. The van der Waals surface area contributed by atoms with E-state index in [1.165, 1.54) is 31.8 Å². The summed E-state index contributed by atoms with van der Waals surface area (Å²) in [5.41, 5.74) is 2.18. The molecule has 1 saturated carbocycles. The van der Waals surface area contributed by atoms with E-state index < -0.39 is 5.82 Å². The Morgan fingerprint density at radius 1 is 1.22 bits per heavy atom. The molecular formula is C21H24Cl2FN7O. The minimum Gasteiger partial charge on any atom is -0.379 e. The maximum absolute atomic E-state index is 15.0. The Balaban J connectivity index is 0.000000522. The maximum atomic E-state index is 15.0. The number of hydrogen-bond acceptors (Lipinski definition) is 5. The molecule has 5 rings (SSSR count). The number of alkyl halides is 1. The molecule has 0 unspecified atom stereocenters. The zero-order chi connectivity index (χ0) is 23.3. The van der Waals surface area contributed by atoms with Crippen molar-refractivity contribution in [3.05, 3.63) is 35.6 Å². The predicted octanol–water partition coefficient (Wildman–Crippen LogP) is 5.48. The van der Waals surface area contributed by atoms with E-state index in [4.69, 9.17) is 11.6 Å². The number of halogens is 3. The molecule has 1 amide bonds. The molecule has 1 aliphatic rings. The number of carbonyl (C=O) groups excluding carboxylic acids is 1. The second-order valence-corrected chi connectivity index (χ2v) is 7.70. The summed E-state index contributed by atoms with van der Waals surface area (Å²) in [7, 11) is 0. The van der Waals surface area contributed by atoms with Gasteiger partial charge in [0.25, 0.3) is 0 Å². The van der Waals surface area contributed by atoms with E-state index in [2.05, 4.69) is 42.4 Å². The molecule has 0 spiro atoms. The highest BCUT2D eigenvalue weighted by molar-refractivity contribution is 6.35. The largest absolute Gasteiger partial charge is 0.379 e. The van der Waals surface area contributed by atoms with Crippen molar-refractivity contribution in [2.75, 3.05) is 17.0 Å². The standard InChI is InChI=1S/C17H15ClFN7O.C3H6.CH3Cl/c1-8(2)23-17-15(19)14(18)13(9-3-22-25-16(9)17)10-5-26-6-11(21-7-27)24-12(26)4-20-10;1-2-3-1;1-2/h3-8,23H,1-2H3,(H,21,27)(H,22,25);1-3H2;1H3. The van der Waals surface area contributed by atoms with Gasteiger partial charge in [0.05, 0.1) is 40.5 Å². The van der Waals surface area contributed by atoms with Crippen LogP contribution in [0.15, 0.2) is 24.8 Å². The van der Waals surface area contributed by atoms with Crippen LogP contribution in [0.5, 0.6) is 0 Å². The van der Waals surface area contributed by atoms with Gasteiger partial charge in [-0.2, -0.15) is 5.10 Å². The monoisotopic (exact) mass is 479 g/mol. The van der Waals surface area contributed by atoms with Crippen molar-refractivity contribution in [2.45, 2.75) is 39.2 Å². The predicted molar refractivity (Wildman–Crippen MR) is 127 cm³/mol. The molecule has 0 radical (unpaired) electrons. The van der Waals surface area contributed by atoms with Crippen molar-refractivity contribution in [1.82, 2.24) is 24.6 Å². The SMILES string of the molecule is C1CC1.CC(C)Nc1c(F)c(Cl)c(-c2cn3cc(NC=O)nc3cn2)c2cn[nH]c12.CCl. The summed E-state index contributed by atoms with van der Waals surface area (Å²) in [5.74, 6) is -0.195. The van der Waals surface area contributed by atoms with Crippen molar-refractivity contribution in [2.24, 2.45) is 0 Å². The van der Waals surface area contributed by atoms with Crippen LogP contribution in [0.25, 0.3) is 27.8 Å². The van der Waals surface area contributed by atoms with Gasteiger partial charge in [0.2, 0.25) is 6.41 Å². The van der Waals surface area contributed by atoms with Crippen LogP contribution in [0, 0.1) is 5.82 Å². The maximum Gasteiger partial charge on any atom is 0.212 e. The number of carbonyl (C=O) groups is 1. The first kappa shape index (κ1) is 23.7. The Hall–Kier alpha value is -2.91. The van der Waals surface area contributed by atoms with Crippen molar-refractivity contribution >= 4 is 57.7 Å². The van der Waals surface area contributed by atoms with Crippen LogP contribution in [0.4, 0.5) is 15.9 Å². The van der Waals surface area contributed by atoms with Gasteiger partial charge in [-0.15, -0.1) is 11.6 Å². The van der Waals surface area contributed by atoms with E-state index in [1.54, 1.807) is 23.0 Å². The lowest BCUT2D eigenvalue weighted by Crippen LogP contribution is -2.12. The molecular weight excluding hydrogens is 456 g/mol. The second-order valence-electron chi connectivity index (χ2n) is 7.32. The molecule has 0 saturated heterocycles. The molecule has 0 atom stereocenters. The molecule has 3 N–H and O–H groups in total. The highest BCUT2D eigenvalue weighted by Gasteiger charge is 2.22. The van der Waals surface area contributed by atoms with Crippen LogP contribution in [0.2, 0.25) is 5.02 Å². The molecule has 3 aromatic heterocycles. The quantitative estimate of drug-likeness (QED) is 0.260.